The van der Waals surface area contributed by atoms with Crippen molar-refractivity contribution in [2.45, 2.75) is 18.8 Å². The monoisotopic (exact) mass is 332 g/mol. The van der Waals surface area contributed by atoms with E-state index in [1.54, 1.807) is 0 Å². The summed E-state index contributed by atoms with van der Waals surface area (Å²) in [7, 11) is 0.312. The lowest BCUT2D eigenvalue weighted by atomic mass is 10.2. The highest BCUT2D eigenvalue weighted by Crippen LogP contribution is 2.13. The number of rotatable bonds is 8. The van der Waals surface area contributed by atoms with Crippen molar-refractivity contribution < 1.29 is 34.1 Å². The Labute approximate surface area is 130 Å². The predicted octanol–water partition coefficient (Wildman–Crippen LogP) is -2.79. The molecule has 0 aromatic carbocycles. The van der Waals surface area contributed by atoms with E-state index in [0.717, 1.165) is 13.2 Å². The molecule has 0 aliphatic carbocycles. The van der Waals surface area contributed by atoms with Crippen molar-refractivity contribution in [3.8, 4) is 0 Å². The second-order valence-corrected chi connectivity index (χ2v) is 4.42. The molecule has 0 aliphatic rings. The molecule has 0 spiro atoms. The minimum atomic E-state index is -2.02. The summed E-state index contributed by atoms with van der Waals surface area (Å²) in [4.78, 5) is 36.7. The first kappa shape index (κ1) is 19.1. The number of aromatic nitrogens is 2. The van der Waals surface area contributed by atoms with Gasteiger partial charge in [-0.2, -0.15) is 0 Å². The third kappa shape index (κ3) is 5.30. The van der Waals surface area contributed by atoms with Gasteiger partial charge in [0.15, 0.2) is 0 Å². The molecule has 0 saturated heterocycles. The molecule has 11 nitrogen and oxygen atoms in total. The summed E-state index contributed by atoms with van der Waals surface area (Å²) in [5.74, 6) is -0.983. The van der Waals surface area contributed by atoms with Crippen LogP contribution in [0.4, 0.5) is 0 Å². The summed E-state index contributed by atoms with van der Waals surface area (Å²) in [6.07, 6.45) is -2.62. The summed E-state index contributed by atoms with van der Waals surface area (Å²) < 4.78 is 14.6. The number of aliphatic hydroxyl groups is 1. The van der Waals surface area contributed by atoms with Crippen LogP contribution in [0.2, 0.25) is 0 Å². The largest absolute Gasteiger partial charge is 0.633 e. The van der Waals surface area contributed by atoms with Crippen molar-refractivity contribution in [1.29, 1.82) is 0 Å². The Bertz CT molecular complexity index is 641. The van der Waals surface area contributed by atoms with E-state index in [0.29, 0.717) is 4.57 Å². The van der Waals surface area contributed by atoms with E-state index >= 15 is 0 Å². The maximum Gasteiger partial charge on any atom is 0.633 e. The number of ether oxygens (including phenoxy) is 2. The van der Waals surface area contributed by atoms with E-state index in [9.17, 15) is 19.5 Å². The number of hydrogen-bond donors (Lipinski definition) is 4. The zero-order valence-electron chi connectivity index (χ0n) is 12.5. The van der Waals surface area contributed by atoms with Gasteiger partial charge in [0.25, 0.3) is 5.56 Å². The van der Waals surface area contributed by atoms with Crippen molar-refractivity contribution in [2.75, 3.05) is 20.8 Å². The summed E-state index contributed by atoms with van der Waals surface area (Å²) >= 11 is 0. The van der Waals surface area contributed by atoms with Gasteiger partial charge in [-0.25, -0.2) is 9.59 Å². The zero-order chi connectivity index (χ0) is 17.6. The van der Waals surface area contributed by atoms with Gasteiger partial charge in [0.1, 0.15) is 11.9 Å². The fourth-order valence-electron chi connectivity index (χ4n) is 1.83. The fourth-order valence-corrected chi connectivity index (χ4v) is 1.83. The molecular formula is C11H17BN2O9. The molecule has 0 saturated carbocycles. The number of hydrogen-bond acceptors (Lipinski definition) is 9. The molecule has 0 bridgehead atoms. The van der Waals surface area contributed by atoms with Crippen molar-refractivity contribution >= 4 is 13.3 Å². The van der Waals surface area contributed by atoms with Gasteiger partial charge in [0.2, 0.25) is 0 Å². The van der Waals surface area contributed by atoms with E-state index in [4.69, 9.17) is 14.8 Å². The van der Waals surface area contributed by atoms with E-state index in [-0.39, 0.29) is 13.0 Å². The first-order valence-electron chi connectivity index (χ1n) is 6.43. The Balaban J connectivity index is 3.07. The quantitative estimate of drug-likeness (QED) is 0.291. The Morgan fingerprint density at radius 2 is 2.04 bits per heavy atom. The Morgan fingerprint density at radius 3 is 2.57 bits per heavy atom. The molecule has 0 amide bonds. The summed E-state index contributed by atoms with van der Waals surface area (Å²) in [6, 6.07) is 0.812. The van der Waals surface area contributed by atoms with E-state index < -0.39 is 42.6 Å². The molecule has 4 N–H and O–H groups in total. The number of aromatic amines is 1. The number of nitrogens with zero attached hydrogens (tertiary/aromatic N) is 1. The highest BCUT2D eigenvalue weighted by Gasteiger charge is 2.24. The molecule has 1 heterocycles. The number of H-pyrrole nitrogens is 1. The third-order valence-corrected chi connectivity index (χ3v) is 2.91. The molecule has 0 aliphatic heterocycles. The minimum Gasteiger partial charge on any atom is -0.464 e. The normalized spacial score (nSPS) is 13.4. The number of carbonyl (C=O) groups is 1. The van der Waals surface area contributed by atoms with Crippen molar-refractivity contribution in [1.82, 2.24) is 9.55 Å². The van der Waals surface area contributed by atoms with Gasteiger partial charge in [0, 0.05) is 19.6 Å². The average Bonchev–Trinajstić information content (AvgIpc) is 2.49. The van der Waals surface area contributed by atoms with Gasteiger partial charge >= 0.3 is 19.0 Å². The van der Waals surface area contributed by atoms with E-state index in [2.05, 4.69) is 9.39 Å². The van der Waals surface area contributed by atoms with E-state index in [1.165, 1.54) is 7.11 Å². The number of carbonyl (C=O) groups excluding carboxylic acids is 1. The summed E-state index contributed by atoms with van der Waals surface area (Å²) in [6.45, 7) is -0.295. The predicted molar refractivity (Wildman–Crippen MR) is 75.5 cm³/mol. The van der Waals surface area contributed by atoms with Gasteiger partial charge in [-0.05, 0) is 0 Å². The lowest BCUT2D eigenvalue weighted by molar-refractivity contribution is -0.0186. The van der Waals surface area contributed by atoms with Gasteiger partial charge in [-0.15, -0.1) is 0 Å². The zero-order valence-corrected chi connectivity index (χ0v) is 12.5. The van der Waals surface area contributed by atoms with Crippen LogP contribution in [0, 0.1) is 0 Å². The summed E-state index contributed by atoms with van der Waals surface area (Å²) in [5, 5.41) is 27.4. The molecule has 2 unspecified atom stereocenters. The molecule has 1 aromatic heterocycles. The molecule has 23 heavy (non-hydrogen) atoms. The Morgan fingerprint density at radius 1 is 1.39 bits per heavy atom. The average molecular weight is 332 g/mol. The van der Waals surface area contributed by atoms with Gasteiger partial charge in [-0.1, -0.05) is 0 Å². The minimum absolute atomic E-state index is 0.237. The maximum absolute atomic E-state index is 11.8. The second kappa shape index (κ2) is 8.60. The number of aliphatic hydroxyl groups excluding tert-OH is 1. The lowest BCUT2D eigenvalue weighted by Crippen LogP contribution is -2.38. The Kier molecular flexibility index (Phi) is 7.12. The lowest BCUT2D eigenvalue weighted by Gasteiger charge is -2.21. The first-order chi connectivity index (χ1) is 10.8. The molecular weight excluding hydrogens is 315 g/mol. The van der Waals surface area contributed by atoms with Gasteiger partial charge in [-0.3, -0.25) is 14.3 Å². The van der Waals surface area contributed by atoms with Crippen LogP contribution in [0.25, 0.3) is 0 Å². The standard InChI is InChI=1S/C11H17BN2O9/c1-21-6(5-23-12(19)20)3-9(16)14-7(10(17)22-2)4-8(15)13-11(14)18/h4,6,9,16,19-20H,3,5H2,1-2H3,(H,13,15,18). The number of methoxy groups -OCH3 is 2. The van der Waals surface area contributed by atoms with Crippen LogP contribution in [0.5, 0.6) is 0 Å². The van der Waals surface area contributed by atoms with Crippen molar-refractivity contribution in [3.63, 3.8) is 0 Å². The van der Waals surface area contributed by atoms with Crippen LogP contribution in [-0.4, -0.2) is 64.9 Å². The van der Waals surface area contributed by atoms with Crippen LogP contribution in [-0.2, 0) is 14.1 Å². The summed E-state index contributed by atoms with van der Waals surface area (Å²) in [5.41, 5.74) is -2.27. The smallest absolute Gasteiger partial charge is 0.464 e. The Hall–Kier alpha value is -1.99. The van der Waals surface area contributed by atoms with Crippen molar-refractivity contribution in [2.24, 2.45) is 0 Å². The number of esters is 1. The van der Waals surface area contributed by atoms with Crippen LogP contribution in [0.3, 0.4) is 0 Å². The molecule has 1 aromatic rings. The van der Waals surface area contributed by atoms with E-state index in [1.807, 2.05) is 4.98 Å². The molecule has 1 rings (SSSR count). The van der Waals surface area contributed by atoms with Gasteiger partial charge < -0.3 is 29.3 Å². The number of nitrogens with one attached hydrogen (secondary N) is 1. The third-order valence-electron chi connectivity index (χ3n) is 2.91. The molecule has 0 fully saturated rings. The van der Waals surface area contributed by atoms with Crippen LogP contribution >= 0.6 is 0 Å². The highest BCUT2D eigenvalue weighted by molar-refractivity contribution is 6.32. The fraction of sp³-hybridized carbons (Fsp3) is 0.545. The highest BCUT2D eigenvalue weighted by atomic mass is 16.6. The second-order valence-electron chi connectivity index (χ2n) is 4.42. The van der Waals surface area contributed by atoms with Crippen LogP contribution in [0.1, 0.15) is 23.1 Å². The van der Waals surface area contributed by atoms with Gasteiger partial charge in [0.05, 0.1) is 19.8 Å². The molecule has 128 valence electrons. The van der Waals surface area contributed by atoms with Crippen LogP contribution < -0.4 is 11.2 Å². The first-order valence-corrected chi connectivity index (χ1v) is 6.43. The molecule has 2 atom stereocenters. The molecule has 0 radical (unpaired) electrons. The maximum atomic E-state index is 11.8. The SMILES string of the molecule is COC(=O)c1cc(=O)[nH]c(=O)n1C(O)CC(COB(O)O)OC. The van der Waals surface area contributed by atoms with Crippen molar-refractivity contribution in [3.05, 3.63) is 32.6 Å². The topological polar surface area (TPSA) is 160 Å². The molecule has 12 heteroatoms. The van der Waals surface area contributed by atoms with Crippen LogP contribution in [0.15, 0.2) is 15.7 Å².